The SMILES string of the molecule is CCCCCCCCCCCCc1cc([O-])ccc1Oc1cccc(S(=O)(=O)O)c1.[K+]. The number of hydrogen-bond donors (Lipinski definition) is 1. The Morgan fingerprint density at radius 2 is 1.48 bits per heavy atom. The number of hydrogen-bond acceptors (Lipinski definition) is 4. The zero-order valence-corrected chi connectivity index (χ0v) is 22.7. The van der Waals surface area contributed by atoms with Gasteiger partial charge in [-0.25, -0.2) is 0 Å². The molecule has 0 aliphatic carbocycles. The van der Waals surface area contributed by atoms with Crippen LogP contribution in [0.4, 0.5) is 0 Å². The van der Waals surface area contributed by atoms with Crippen molar-refractivity contribution in [2.24, 2.45) is 0 Å². The molecule has 0 atom stereocenters. The molecule has 0 aliphatic heterocycles. The standard InChI is InChI=1S/C24H34O5S.K/c1-2-3-4-5-6-7-8-9-10-11-13-20-18-21(25)16-17-24(20)29-22-14-12-15-23(19-22)30(26,27)28;/h12,14-19,25H,2-11,13H2,1H3,(H,26,27,28);/q;+1/p-1. The van der Waals surface area contributed by atoms with Crippen LogP contribution in [-0.2, 0) is 16.5 Å². The molecule has 0 bridgehead atoms. The zero-order chi connectivity index (χ0) is 21.8. The molecule has 0 saturated carbocycles. The van der Waals surface area contributed by atoms with Gasteiger partial charge in [-0.2, -0.15) is 8.42 Å². The predicted molar refractivity (Wildman–Crippen MR) is 118 cm³/mol. The van der Waals surface area contributed by atoms with Crippen molar-refractivity contribution in [3.05, 3.63) is 48.0 Å². The van der Waals surface area contributed by atoms with Crippen LogP contribution in [-0.4, -0.2) is 13.0 Å². The maximum atomic E-state index is 11.8. The predicted octanol–water partition coefficient (Wildman–Crippen LogP) is 3.27. The van der Waals surface area contributed by atoms with Crippen LogP contribution in [0.1, 0.15) is 76.7 Å². The molecule has 0 spiro atoms. The number of aryl methyl sites for hydroxylation is 1. The summed E-state index contributed by atoms with van der Waals surface area (Å²) in [5.41, 5.74) is 0.819. The average Bonchev–Trinajstić information content (AvgIpc) is 2.71. The van der Waals surface area contributed by atoms with Crippen molar-refractivity contribution in [2.75, 3.05) is 0 Å². The van der Waals surface area contributed by atoms with E-state index in [0.717, 1.165) is 24.8 Å². The molecular weight excluding hydrogens is 439 g/mol. The summed E-state index contributed by atoms with van der Waals surface area (Å²) in [6, 6.07) is 10.3. The Morgan fingerprint density at radius 1 is 0.871 bits per heavy atom. The maximum Gasteiger partial charge on any atom is 1.00 e. The van der Waals surface area contributed by atoms with Gasteiger partial charge >= 0.3 is 51.4 Å². The van der Waals surface area contributed by atoms with Gasteiger partial charge in [-0.15, -0.1) is 5.75 Å². The third-order valence-corrected chi connectivity index (χ3v) is 6.01. The number of unbranched alkanes of at least 4 members (excludes halogenated alkanes) is 9. The van der Waals surface area contributed by atoms with Crippen LogP contribution >= 0.6 is 0 Å². The van der Waals surface area contributed by atoms with Crippen molar-refractivity contribution in [3.8, 4) is 17.2 Å². The Balaban J connectivity index is 0.00000480. The minimum Gasteiger partial charge on any atom is -0.872 e. The summed E-state index contributed by atoms with van der Waals surface area (Å²) in [7, 11) is -4.30. The van der Waals surface area contributed by atoms with E-state index in [1.807, 2.05) is 0 Å². The fraction of sp³-hybridized carbons (Fsp3) is 0.500. The molecule has 0 saturated heterocycles. The Morgan fingerprint density at radius 3 is 2.10 bits per heavy atom. The summed E-state index contributed by atoms with van der Waals surface area (Å²) in [6.45, 7) is 2.23. The Kier molecular flexibility index (Phi) is 14.2. The Bertz CT molecular complexity index is 883. The van der Waals surface area contributed by atoms with E-state index in [1.165, 1.54) is 75.6 Å². The average molecular weight is 473 g/mol. The first-order valence-corrected chi connectivity index (χ1v) is 12.4. The van der Waals surface area contributed by atoms with Gasteiger partial charge in [0, 0.05) is 6.07 Å². The first kappa shape index (κ1) is 28.6. The van der Waals surface area contributed by atoms with E-state index in [4.69, 9.17) is 4.74 Å². The van der Waals surface area contributed by atoms with Gasteiger partial charge in [-0.3, -0.25) is 4.55 Å². The number of ether oxygens (including phenoxy) is 1. The number of rotatable bonds is 14. The molecule has 0 amide bonds. The second-order valence-electron chi connectivity index (χ2n) is 7.75. The van der Waals surface area contributed by atoms with E-state index in [0.29, 0.717) is 11.5 Å². The molecule has 2 aromatic rings. The molecule has 0 unspecified atom stereocenters. The van der Waals surface area contributed by atoms with Gasteiger partial charge in [0.05, 0.1) is 4.90 Å². The molecule has 0 fully saturated rings. The second-order valence-corrected chi connectivity index (χ2v) is 9.18. The fourth-order valence-electron chi connectivity index (χ4n) is 3.48. The van der Waals surface area contributed by atoms with Crippen molar-refractivity contribution < 1.29 is 74.2 Å². The summed E-state index contributed by atoms with van der Waals surface area (Å²) in [6.07, 6.45) is 13.2. The van der Waals surface area contributed by atoms with Crippen LogP contribution in [0.3, 0.4) is 0 Å². The van der Waals surface area contributed by atoms with Crippen LogP contribution in [0.25, 0.3) is 0 Å². The summed E-state index contributed by atoms with van der Waals surface area (Å²) in [4.78, 5) is -0.225. The monoisotopic (exact) mass is 472 g/mol. The van der Waals surface area contributed by atoms with Gasteiger partial charge in [0.2, 0.25) is 0 Å². The van der Waals surface area contributed by atoms with Gasteiger partial charge in [0.1, 0.15) is 11.5 Å². The van der Waals surface area contributed by atoms with E-state index < -0.39 is 10.1 Å². The smallest absolute Gasteiger partial charge is 0.872 e. The van der Waals surface area contributed by atoms with Gasteiger partial charge < -0.3 is 9.84 Å². The minimum atomic E-state index is -4.30. The molecule has 0 radical (unpaired) electrons. The van der Waals surface area contributed by atoms with Crippen molar-refractivity contribution in [1.29, 1.82) is 0 Å². The van der Waals surface area contributed by atoms with Crippen molar-refractivity contribution in [2.45, 2.75) is 82.4 Å². The van der Waals surface area contributed by atoms with E-state index in [2.05, 4.69) is 6.92 Å². The minimum absolute atomic E-state index is 0. The molecule has 7 heteroatoms. The van der Waals surface area contributed by atoms with Crippen LogP contribution in [0.5, 0.6) is 17.2 Å². The summed E-state index contributed by atoms with van der Waals surface area (Å²) in [5, 5.41) is 11.8. The van der Waals surface area contributed by atoms with Gasteiger partial charge in [-0.05, 0) is 36.6 Å². The molecule has 2 aromatic carbocycles. The Hall–Kier alpha value is -0.414. The summed E-state index contributed by atoms with van der Waals surface area (Å²) >= 11 is 0. The number of benzene rings is 2. The maximum absolute atomic E-state index is 11.8. The second kappa shape index (κ2) is 15.4. The van der Waals surface area contributed by atoms with Gasteiger partial charge in [-0.1, -0.05) is 82.9 Å². The van der Waals surface area contributed by atoms with Crippen molar-refractivity contribution in [3.63, 3.8) is 0 Å². The largest absolute Gasteiger partial charge is 1.00 e. The normalized spacial score (nSPS) is 11.2. The Labute approximate surface area is 229 Å². The summed E-state index contributed by atoms with van der Waals surface area (Å²) in [5.74, 6) is 0.766. The van der Waals surface area contributed by atoms with Crippen molar-refractivity contribution >= 4 is 10.1 Å². The van der Waals surface area contributed by atoms with E-state index in [-0.39, 0.29) is 62.0 Å². The molecule has 5 nitrogen and oxygen atoms in total. The molecule has 2 rings (SSSR count). The van der Waals surface area contributed by atoms with Crippen LogP contribution < -0.4 is 61.2 Å². The summed E-state index contributed by atoms with van der Waals surface area (Å²) < 4.78 is 37.7. The van der Waals surface area contributed by atoms with Crippen LogP contribution in [0.15, 0.2) is 47.4 Å². The molecular formula is C24H33KO5S. The molecule has 0 heterocycles. The quantitative estimate of drug-likeness (QED) is 0.259. The van der Waals surface area contributed by atoms with Crippen LogP contribution in [0, 0.1) is 0 Å². The topological polar surface area (TPSA) is 86.7 Å². The van der Waals surface area contributed by atoms with Gasteiger partial charge in [0.25, 0.3) is 10.1 Å². The van der Waals surface area contributed by atoms with E-state index >= 15 is 0 Å². The molecule has 0 aromatic heterocycles. The molecule has 0 aliphatic rings. The third-order valence-electron chi connectivity index (χ3n) is 5.16. The zero-order valence-electron chi connectivity index (χ0n) is 18.8. The van der Waals surface area contributed by atoms with Crippen molar-refractivity contribution in [1.82, 2.24) is 0 Å². The molecule has 1 N–H and O–H groups in total. The fourth-order valence-corrected chi connectivity index (χ4v) is 3.99. The first-order chi connectivity index (χ1) is 14.4. The van der Waals surface area contributed by atoms with Gasteiger partial charge in [0.15, 0.2) is 0 Å². The van der Waals surface area contributed by atoms with Crippen LogP contribution in [0.2, 0.25) is 0 Å². The van der Waals surface area contributed by atoms with E-state index in [9.17, 15) is 18.1 Å². The van der Waals surface area contributed by atoms with E-state index in [1.54, 1.807) is 18.2 Å². The third kappa shape index (κ3) is 11.3. The molecule has 31 heavy (non-hydrogen) atoms. The molecule has 166 valence electrons. The first-order valence-electron chi connectivity index (χ1n) is 11.0.